The second-order valence-corrected chi connectivity index (χ2v) is 4.07. The van der Waals surface area contributed by atoms with Crippen molar-refractivity contribution >= 4 is 6.47 Å². The van der Waals surface area contributed by atoms with Crippen molar-refractivity contribution in [2.75, 3.05) is 0 Å². The van der Waals surface area contributed by atoms with Gasteiger partial charge in [-0.3, -0.25) is 4.79 Å². The van der Waals surface area contributed by atoms with Crippen LogP contribution in [-0.4, -0.2) is 17.1 Å². The van der Waals surface area contributed by atoms with E-state index in [9.17, 15) is 0 Å². The van der Waals surface area contributed by atoms with Gasteiger partial charge in [0, 0.05) is 5.54 Å². The number of carboxylic acid groups (broad SMARTS) is 1. The molecule has 0 radical (unpaired) electrons. The topological polar surface area (TPSA) is 63.3 Å². The molecular weight excluding hydrogens is 190 g/mol. The summed E-state index contributed by atoms with van der Waals surface area (Å²) in [6.07, 6.45) is 3.45. The second-order valence-electron chi connectivity index (χ2n) is 4.07. The lowest BCUT2D eigenvalue weighted by Gasteiger charge is -2.10. The van der Waals surface area contributed by atoms with Crippen molar-refractivity contribution in [2.45, 2.75) is 31.7 Å². The fraction of sp³-hybridized carbons (Fsp3) is 0.417. The van der Waals surface area contributed by atoms with Crippen molar-refractivity contribution in [1.29, 1.82) is 0 Å². The summed E-state index contributed by atoms with van der Waals surface area (Å²) in [5.41, 5.74) is 8.98. The Bertz CT molecular complexity index is 332. The van der Waals surface area contributed by atoms with Crippen molar-refractivity contribution in [2.24, 2.45) is 5.73 Å². The lowest BCUT2D eigenvalue weighted by Crippen LogP contribution is -2.24. The van der Waals surface area contributed by atoms with E-state index in [1.165, 1.54) is 24.0 Å². The number of rotatable bonds is 2. The number of hydrogen-bond donors (Lipinski definition) is 2. The van der Waals surface area contributed by atoms with Gasteiger partial charge in [-0.1, -0.05) is 24.3 Å². The predicted molar refractivity (Wildman–Crippen MR) is 59.7 cm³/mol. The molecule has 1 aromatic carbocycles. The van der Waals surface area contributed by atoms with Crippen molar-refractivity contribution in [3.05, 3.63) is 35.4 Å². The van der Waals surface area contributed by atoms with Crippen LogP contribution in [0.25, 0.3) is 0 Å². The zero-order chi connectivity index (χ0) is 11.3. The van der Waals surface area contributed by atoms with E-state index in [0.29, 0.717) is 0 Å². The first-order valence-electron chi connectivity index (χ1n) is 5.02. The standard InChI is InChI=1S/C11H15N.CH2O2/c1-9-4-2-3-5-10(9)8-11(12)6-7-11;2-1-3/h2-5H,6-8,12H2,1H3;1H,(H,2,3). The van der Waals surface area contributed by atoms with Gasteiger partial charge in [-0.25, -0.2) is 0 Å². The molecule has 0 spiro atoms. The molecule has 0 atom stereocenters. The zero-order valence-corrected chi connectivity index (χ0v) is 8.94. The summed E-state index contributed by atoms with van der Waals surface area (Å²) < 4.78 is 0. The third-order valence-electron chi connectivity index (χ3n) is 2.70. The first kappa shape index (κ1) is 11.7. The van der Waals surface area contributed by atoms with Crippen LogP contribution >= 0.6 is 0 Å². The molecule has 0 heterocycles. The molecule has 15 heavy (non-hydrogen) atoms. The molecule has 1 aliphatic rings. The van der Waals surface area contributed by atoms with E-state index >= 15 is 0 Å². The molecule has 1 saturated carbocycles. The van der Waals surface area contributed by atoms with E-state index in [2.05, 4.69) is 31.2 Å². The minimum Gasteiger partial charge on any atom is -0.483 e. The summed E-state index contributed by atoms with van der Waals surface area (Å²) in [7, 11) is 0. The summed E-state index contributed by atoms with van der Waals surface area (Å²) >= 11 is 0. The first-order chi connectivity index (χ1) is 7.11. The second kappa shape index (κ2) is 4.94. The molecule has 0 bridgehead atoms. The van der Waals surface area contributed by atoms with Gasteiger partial charge in [-0.05, 0) is 37.3 Å². The SMILES string of the molecule is Cc1ccccc1CC1(N)CC1.O=CO. The van der Waals surface area contributed by atoms with Gasteiger partial charge in [0.15, 0.2) is 0 Å². The molecule has 2 rings (SSSR count). The molecule has 3 nitrogen and oxygen atoms in total. The number of carbonyl (C=O) groups is 1. The summed E-state index contributed by atoms with van der Waals surface area (Å²) in [5.74, 6) is 0. The summed E-state index contributed by atoms with van der Waals surface area (Å²) in [6, 6.07) is 8.51. The Labute approximate surface area is 89.9 Å². The Morgan fingerprint density at radius 3 is 2.47 bits per heavy atom. The largest absolute Gasteiger partial charge is 0.483 e. The Hall–Kier alpha value is -1.35. The van der Waals surface area contributed by atoms with Crippen LogP contribution in [0.15, 0.2) is 24.3 Å². The molecule has 3 N–H and O–H groups in total. The van der Waals surface area contributed by atoms with E-state index in [0.717, 1.165) is 6.42 Å². The van der Waals surface area contributed by atoms with Gasteiger partial charge in [0.1, 0.15) is 0 Å². The molecule has 0 amide bonds. The van der Waals surface area contributed by atoms with Crippen LogP contribution < -0.4 is 5.73 Å². The zero-order valence-electron chi connectivity index (χ0n) is 8.94. The maximum atomic E-state index is 8.36. The highest BCUT2D eigenvalue weighted by Gasteiger charge is 2.38. The summed E-state index contributed by atoms with van der Waals surface area (Å²) in [6.45, 7) is 1.90. The maximum Gasteiger partial charge on any atom is 0.290 e. The van der Waals surface area contributed by atoms with Gasteiger partial charge >= 0.3 is 0 Å². The van der Waals surface area contributed by atoms with E-state index in [4.69, 9.17) is 15.6 Å². The fourth-order valence-electron chi connectivity index (χ4n) is 1.53. The van der Waals surface area contributed by atoms with Crippen LogP contribution in [0.2, 0.25) is 0 Å². The minimum atomic E-state index is -0.250. The Morgan fingerprint density at radius 1 is 1.47 bits per heavy atom. The normalized spacial score (nSPS) is 16.1. The van der Waals surface area contributed by atoms with Crippen LogP contribution in [0.5, 0.6) is 0 Å². The van der Waals surface area contributed by atoms with Gasteiger partial charge in [-0.15, -0.1) is 0 Å². The van der Waals surface area contributed by atoms with Crippen molar-refractivity contribution < 1.29 is 9.90 Å². The first-order valence-corrected chi connectivity index (χ1v) is 5.02. The van der Waals surface area contributed by atoms with Crippen LogP contribution in [0, 0.1) is 6.92 Å². The monoisotopic (exact) mass is 207 g/mol. The highest BCUT2D eigenvalue weighted by molar-refractivity contribution is 5.32. The Balaban J connectivity index is 0.000000337. The molecule has 0 unspecified atom stereocenters. The molecule has 1 aliphatic carbocycles. The van der Waals surface area contributed by atoms with Gasteiger partial charge < -0.3 is 10.8 Å². The molecule has 0 aromatic heterocycles. The average Bonchev–Trinajstić information content (AvgIpc) is 2.89. The van der Waals surface area contributed by atoms with Gasteiger partial charge in [0.05, 0.1) is 0 Å². The number of aryl methyl sites for hydroxylation is 1. The minimum absolute atomic E-state index is 0.145. The third kappa shape index (κ3) is 3.72. The van der Waals surface area contributed by atoms with Gasteiger partial charge in [-0.2, -0.15) is 0 Å². The fourth-order valence-corrected chi connectivity index (χ4v) is 1.53. The van der Waals surface area contributed by atoms with Gasteiger partial charge in [0.25, 0.3) is 6.47 Å². The molecule has 0 saturated heterocycles. The lowest BCUT2D eigenvalue weighted by atomic mass is 10.0. The highest BCUT2D eigenvalue weighted by atomic mass is 16.3. The Morgan fingerprint density at radius 2 is 2.00 bits per heavy atom. The molecule has 0 aliphatic heterocycles. The molecular formula is C12H17NO2. The van der Waals surface area contributed by atoms with Crippen molar-refractivity contribution in [1.82, 2.24) is 0 Å². The van der Waals surface area contributed by atoms with E-state index in [-0.39, 0.29) is 12.0 Å². The van der Waals surface area contributed by atoms with E-state index in [1.54, 1.807) is 0 Å². The number of benzene rings is 1. The number of hydrogen-bond acceptors (Lipinski definition) is 2. The van der Waals surface area contributed by atoms with Crippen LogP contribution in [0.1, 0.15) is 24.0 Å². The summed E-state index contributed by atoms with van der Waals surface area (Å²) in [4.78, 5) is 8.36. The number of nitrogens with two attached hydrogens (primary N) is 1. The smallest absolute Gasteiger partial charge is 0.290 e. The highest BCUT2D eigenvalue weighted by Crippen LogP contribution is 2.36. The molecule has 82 valence electrons. The van der Waals surface area contributed by atoms with E-state index in [1.807, 2.05) is 0 Å². The van der Waals surface area contributed by atoms with Gasteiger partial charge in [0.2, 0.25) is 0 Å². The van der Waals surface area contributed by atoms with Crippen LogP contribution in [0.4, 0.5) is 0 Å². The van der Waals surface area contributed by atoms with E-state index < -0.39 is 0 Å². The quantitative estimate of drug-likeness (QED) is 0.726. The van der Waals surface area contributed by atoms with Crippen LogP contribution in [0.3, 0.4) is 0 Å². The average molecular weight is 207 g/mol. The van der Waals surface area contributed by atoms with Crippen molar-refractivity contribution in [3.8, 4) is 0 Å². The lowest BCUT2D eigenvalue weighted by molar-refractivity contribution is -0.122. The Kier molecular flexibility index (Phi) is 3.86. The van der Waals surface area contributed by atoms with Crippen LogP contribution in [-0.2, 0) is 11.2 Å². The molecule has 3 heteroatoms. The third-order valence-corrected chi connectivity index (χ3v) is 2.70. The maximum absolute atomic E-state index is 8.36. The van der Waals surface area contributed by atoms with Crippen molar-refractivity contribution in [3.63, 3.8) is 0 Å². The molecule has 1 aromatic rings. The predicted octanol–water partition coefficient (Wildman–Crippen LogP) is 1.73. The summed E-state index contributed by atoms with van der Waals surface area (Å²) in [5, 5.41) is 6.89. The molecule has 1 fully saturated rings.